The second-order valence-electron chi connectivity index (χ2n) is 7.69. The molecule has 3 rings (SSSR count). The summed E-state index contributed by atoms with van der Waals surface area (Å²) in [4.78, 5) is 9.01. The van der Waals surface area contributed by atoms with Crippen molar-refractivity contribution in [2.75, 3.05) is 6.61 Å². The van der Waals surface area contributed by atoms with Crippen LogP contribution in [0.2, 0.25) is 5.02 Å². The Hall–Kier alpha value is -1.53. The zero-order valence-electron chi connectivity index (χ0n) is 15.8. The predicted octanol–water partition coefficient (Wildman–Crippen LogP) is 2.94. The van der Waals surface area contributed by atoms with Gasteiger partial charge in [-0.1, -0.05) is 37.6 Å². The molecule has 2 aromatic rings. The minimum atomic E-state index is -0.505. The molecule has 0 saturated heterocycles. The Labute approximate surface area is 165 Å². The van der Waals surface area contributed by atoms with Gasteiger partial charge in [-0.3, -0.25) is 0 Å². The summed E-state index contributed by atoms with van der Waals surface area (Å²) in [5.74, 6) is 1.07. The Kier molecular flexibility index (Phi) is 6.82. The first-order chi connectivity index (χ1) is 13.0. The van der Waals surface area contributed by atoms with E-state index in [1.165, 1.54) is 0 Å². The molecule has 1 aromatic heterocycles. The lowest BCUT2D eigenvalue weighted by atomic mass is 9.88. The Bertz CT molecular complexity index is 738. The van der Waals surface area contributed by atoms with E-state index in [0.29, 0.717) is 19.4 Å². The fourth-order valence-corrected chi connectivity index (χ4v) is 4.00. The third-order valence-electron chi connectivity index (χ3n) is 5.44. The minimum Gasteiger partial charge on any atom is -0.396 e. The number of nitrogens with zero attached hydrogens (tertiary/aromatic N) is 2. The molecule has 6 heteroatoms. The molecule has 4 unspecified atom stereocenters. The third kappa shape index (κ3) is 5.05. The van der Waals surface area contributed by atoms with Gasteiger partial charge in [0.2, 0.25) is 0 Å². The van der Waals surface area contributed by atoms with Gasteiger partial charge < -0.3 is 15.5 Å². The zero-order chi connectivity index (χ0) is 19.4. The maximum atomic E-state index is 10.4. The number of halogens is 1. The molecule has 146 valence electrons. The second kappa shape index (κ2) is 9.11. The highest BCUT2D eigenvalue weighted by Gasteiger charge is 2.42. The van der Waals surface area contributed by atoms with Crippen LogP contribution in [0.1, 0.15) is 43.3 Å². The molecule has 27 heavy (non-hydrogen) atoms. The van der Waals surface area contributed by atoms with Crippen molar-refractivity contribution in [2.24, 2.45) is 11.8 Å². The van der Waals surface area contributed by atoms with Gasteiger partial charge in [0.1, 0.15) is 5.82 Å². The van der Waals surface area contributed by atoms with Gasteiger partial charge in [0.05, 0.1) is 6.10 Å². The second-order valence-corrected chi connectivity index (χ2v) is 8.13. The molecule has 1 heterocycles. The zero-order valence-corrected chi connectivity index (χ0v) is 16.6. The number of aliphatic hydroxyl groups is 2. The van der Waals surface area contributed by atoms with E-state index < -0.39 is 6.10 Å². The Morgan fingerprint density at radius 1 is 1.19 bits per heavy atom. The molecule has 1 fully saturated rings. The van der Waals surface area contributed by atoms with Crippen molar-refractivity contribution in [1.82, 2.24) is 15.3 Å². The highest BCUT2D eigenvalue weighted by Crippen LogP contribution is 2.35. The number of nitrogens with one attached hydrogen (secondary N) is 1. The van der Waals surface area contributed by atoms with Gasteiger partial charge in [-0.25, -0.2) is 9.97 Å². The molecule has 1 aliphatic carbocycles. The molecule has 0 bridgehead atoms. The lowest BCUT2D eigenvalue weighted by Gasteiger charge is -2.25. The van der Waals surface area contributed by atoms with Crippen molar-refractivity contribution in [1.29, 1.82) is 0 Å². The molecule has 0 spiro atoms. The summed E-state index contributed by atoms with van der Waals surface area (Å²) < 4.78 is 0. The van der Waals surface area contributed by atoms with Crippen LogP contribution in [-0.4, -0.2) is 38.9 Å². The number of aliphatic hydroxyl groups excluding tert-OH is 2. The number of hydrogen-bond acceptors (Lipinski definition) is 5. The number of rotatable bonds is 7. The van der Waals surface area contributed by atoms with Gasteiger partial charge in [-0.15, -0.1) is 0 Å². The fourth-order valence-electron chi connectivity index (χ4n) is 3.88. The summed E-state index contributed by atoms with van der Waals surface area (Å²) >= 11 is 5.95. The van der Waals surface area contributed by atoms with E-state index in [1.54, 1.807) is 6.20 Å². The Morgan fingerprint density at radius 3 is 2.59 bits per heavy atom. The van der Waals surface area contributed by atoms with Crippen molar-refractivity contribution < 1.29 is 10.2 Å². The summed E-state index contributed by atoms with van der Waals surface area (Å²) in [5.41, 5.74) is 2.11. The van der Waals surface area contributed by atoms with E-state index in [0.717, 1.165) is 22.1 Å². The predicted molar refractivity (Wildman–Crippen MR) is 107 cm³/mol. The third-order valence-corrected chi connectivity index (χ3v) is 5.69. The van der Waals surface area contributed by atoms with Crippen LogP contribution in [0.3, 0.4) is 0 Å². The van der Waals surface area contributed by atoms with Crippen molar-refractivity contribution in [3.8, 4) is 0 Å². The van der Waals surface area contributed by atoms with Crippen LogP contribution in [0.25, 0.3) is 0 Å². The summed E-state index contributed by atoms with van der Waals surface area (Å²) in [6.45, 7) is 4.83. The topological polar surface area (TPSA) is 78.3 Å². The quantitative estimate of drug-likeness (QED) is 0.678. The Balaban J connectivity index is 1.72. The Morgan fingerprint density at radius 2 is 1.93 bits per heavy atom. The molecule has 0 amide bonds. The average Bonchev–Trinajstić information content (AvgIpc) is 2.96. The summed E-state index contributed by atoms with van der Waals surface area (Å²) in [6, 6.07) is 9.80. The maximum absolute atomic E-state index is 10.4. The molecule has 1 aromatic carbocycles. The SMILES string of the molecule is CC(C)c1nccc(CC2C(NCc3ccc(Cl)cc3)CC(O)C2CO)n1. The largest absolute Gasteiger partial charge is 0.396 e. The highest BCUT2D eigenvalue weighted by atomic mass is 35.5. The van der Waals surface area contributed by atoms with E-state index in [4.69, 9.17) is 11.6 Å². The van der Waals surface area contributed by atoms with E-state index in [-0.39, 0.29) is 30.4 Å². The van der Waals surface area contributed by atoms with Crippen LogP contribution in [0, 0.1) is 11.8 Å². The van der Waals surface area contributed by atoms with Crippen LogP contribution < -0.4 is 5.32 Å². The first-order valence-corrected chi connectivity index (χ1v) is 9.94. The lowest BCUT2D eigenvalue weighted by Crippen LogP contribution is -2.36. The molecular formula is C21H28ClN3O2. The highest BCUT2D eigenvalue weighted by molar-refractivity contribution is 6.30. The van der Waals surface area contributed by atoms with Crippen LogP contribution in [0.4, 0.5) is 0 Å². The summed E-state index contributed by atoms with van der Waals surface area (Å²) in [5, 5.41) is 24.5. The van der Waals surface area contributed by atoms with Gasteiger partial charge in [0.25, 0.3) is 0 Å². The number of aromatic nitrogens is 2. The van der Waals surface area contributed by atoms with Crippen molar-refractivity contribution in [2.45, 2.75) is 51.3 Å². The van der Waals surface area contributed by atoms with Crippen molar-refractivity contribution in [3.63, 3.8) is 0 Å². The summed E-state index contributed by atoms with van der Waals surface area (Å²) in [6.07, 6.45) is 2.63. The maximum Gasteiger partial charge on any atom is 0.131 e. The first-order valence-electron chi connectivity index (χ1n) is 9.56. The summed E-state index contributed by atoms with van der Waals surface area (Å²) in [7, 11) is 0. The van der Waals surface area contributed by atoms with Gasteiger partial charge in [0.15, 0.2) is 0 Å². The van der Waals surface area contributed by atoms with E-state index in [2.05, 4.69) is 29.1 Å². The minimum absolute atomic E-state index is 0.0208. The molecule has 3 N–H and O–H groups in total. The smallest absolute Gasteiger partial charge is 0.131 e. The van der Waals surface area contributed by atoms with E-state index >= 15 is 0 Å². The molecule has 1 saturated carbocycles. The van der Waals surface area contributed by atoms with Crippen LogP contribution in [0.5, 0.6) is 0 Å². The number of hydrogen-bond donors (Lipinski definition) is 3. The monoisotopic (exact) mass is 389 g/mol. The standard InChI is InChI=1S/C21H28ClN3O2/c1-13(2)21-23-8-7-16(25-21)9-17-18(12-26)20(27)10-19(17)24-11-14-3-5-15(22)6-4-14/h3-8,13,17-20,24,26-27H,9-12H2,1-2H3. The average molecular weight is 390 g/mol. The van der Waals surface area contributed by atoms with Crippen LogP contribution >= 0.6 is 11.6 Å². The van der Waals surface area contributed by atoms with Gasteiger partial charge in [-0.05, 0) is 42.5 Å². The van der Waals surface area contributed by atoms with Crippen molar-refractivity contribution in [3.05, 3.63) is 58.6 Å². The van der Waals surface area contributed by atoms with Gasteiger partial charge in [-0.2, -0.15) is 0 Å². The first kappa shape index (κ1) is 20.2. The van der Waals surface area contributed by atoms with Gasteiger partial charge >= 0.3 is 0 Å². The molecule has 5 nitrogen and oxygen atoms in total. The lowest BCUT2D eigenvalue weighted by molar-refractivity contribution is 0.0716. The number of benzene rings is 1. The van der Waals surface area contributed by atoms with Crippen molar-refractivity contribution >= 4 is 11.6 Å². The van der Waals surface area contributed by atoms with E-state index in [9.17, 15) is 10.2 Å². The molecule has 4 atom stereocenters. The fraction of sp³-hybridized carbons (Fsp3) is 0.524. The molecule has 0 radical (unpaired) electrons. The van der Waals surface area contributed by atoms with Crippen LogP contribution in [-0.2, 0) is 13.0 Å². The molecular weight excluding hydrogens is 362 g/mol. The molecule has 1 aliphatic rings. The van der Waals surface area contributed by atoms with Gasteiger partial charge in [0, 0.05) is 47.9 Å². The van der Waals surface area contributed by atoms with Crippen LogP contribution in [0.15, 0.2) is 36.5 Å². The van der Waals surface area contributed by atoms with E-state index in [1.807, 2.05) is 30.3 Å². The molecule has 0 aliphatic heterocycles. The normalized spacial score (nSPS) is 25.3.